The van der Waals surface area contributed by atoms with Crippen LogP contribution in [0.5, 0.6) is 0 Å². The fourth-order valence-electron chi connectivity index (χ4n) is 1.17. The van der Waals surface area contributed by atoms with E-state index in [9.17, 15) is 4.57 Å². The quantitative estimate of drug-likeness (QED) is 0.311. The maximum absolute atomic E-state index is 11.0. The number of hydrogen-bond acceptors (Lipinski definition) is 5. The lowest BCUT2D eigenvalue weighted by Crippen LogP contribution is -2.43. The minimum atomic E-state index is -4.31. The van der Waals surface area contributed by atoms with Crippen LogP contribution in [0, 0.1) is 0 Å². The van der Waals surface area contributed by atoms with Crippen LogP contribution in [0.1, 0.15) is 0 Å². The molecule has 0 radical (unpaired) electrons. The highest BCUT2D eigenvalue weighted by Gasteiger charge is 2.32. The van der Waals surface area contributed by atoms with Crippen molar-refractivity contribution in [2.75, 3.05) is 32.8 Å². The molecule has 0 rings (SSSR count). The van der Waals surface area contributed by atoms with E-state index in [1.54, 1.807) is 0 Å². The monoisotopic (exact) mass is 228 g/mol. The number of rotatable bonds is 7. The largest absolute Gasteiger partial charge is 0.395 e. The Morgan fingerprint density at radius 2 is 1.64 bits per heavy atom. The Bertz CT molecular complexity index is 191. The van der Waals surface area contributed by atoms with Gasteiger partial charge in [-0.1, -0.05) is 0 Å². The van der Waals surface area contributed by atoms with Gasteiger partial charge < -0.3 is 25.7 Å². The van der Waals surface area contributed by atoms with Crippen molar-refractivity contribution in [1.82, 2.24) is 4.90 Å². The van der Waals surface area contributed by atoms with Crippen LogP contribution in [0.25, 0.3) is 0 Å². The fourth-order valence-corrected chi connectivity index (χ4v) is 2.10. The molecular weight excluding hydrogens is 211 g/mol. The van der Waals surface area contributed by atoms with E-state index in [-0.39, 0.29) is 32.8 Å². The molecule has 0 aliphatic rings. The van der Waals surface area contributed by atoms with Gasteiger partial charge >= 0.3 is 7.60 Å². The van der Waals surface area contributed by atoms with Crippen molar-refractivity contribution < 1.29 is 24.6 Å². The lowest BCUT2D eigenvalue weighted by Gasteiger charge is -2.29. The second-order valence-electron chi connectivity index (χ2n) is 2.79. The van der Waals surface area contributed by atoms with E-state index in [1.807, 2.05) is 0 Å². The zero-order valence-corrected chi connectivity index (χ0v) is 8.68. The zero-order chi connectivity index (χ0) is 11.2. The highest BCUT2D eigenvalue weighted by atomic mass is 31.2. The van der Waals surface area contributed by atoms with E-state index in [2.05, 4.69) is 0 Å². The van der Waals surface area contributed by atoms with Crippen molar-refractivity contribution in [3.8, 4) is 0 Å². The summed E-state index contributed by atoms with van der Waals surface area (Å²) in [6.45, 7) is -0.543. The summed E-state index contributed by atoms with van der Waals surface area (Å²) in [4.78, 5) is 19.1. The van der Waals surface area contributed by atoms with Crippen molar-refractivity contribution >= 4 is 7.60 Å². The Hall–Kier alpha value is -0.0100. The summed E-state index contributed by atoms with van der Waals surface area (Å²) in [5, 5.41) is 17.3. The van der Waals surface area contributed by atoms with E-state index in [0.717, 1.165) is 0 Å². The van der Waals surface area contributed by atoms with Gasteiger partial charge in [0.2, 0.25) is 0 Å². The van der Waals surface area contributed by atoms with Gasteiger partial charge in [0.15, 0.2) is 0 Å². The van der Waals surface area contributed by atoms with E-state index in [4.69, 9.17) is 25.7 Å². The molecule has 0 aromatic heterocycles. The van der Waals surface area contributed by atoms with Gasteiger partial charge in [-0.15, -0.1) is 0 Å². The van der Waals surface area contributed by atoms with E-state index >= 15 is 0 Å². The summed E-state index contributed by atoms with van der Waals surface area (Å²) in [6, 6.07) is 0. The lowest BCUT2D eigenvalue weighted by molar-refractivity contribution is 0.139. The molecule has 0 aromatic rings. The molecule has 0 aliphatic heterocycles. The Labute approximate surface area is 82.3 Å². The first-order valence-electron chi connectivity index (χ1n) is 4.18. The Morgan fingerprint density at radius 3 is 1.86 bits per heavy atom. The third-order valence-electron chi connectivity index (χ3n) is 1.79. The molecule has 0 amide bonds. The molecule has 1 unspecified atom stereocenters. The predicted molar refractivity (Wildman–Crippen MR) is 50.6 cm³/mol. The highest BCUT2D eigenvalue weighted by Crippen LogP contribution is 2.42. The molecule has 0 aliphatic carbocycles. The summed E-state index contributed by atoms with van der Waals surface area (Å²) in [7, 11) is -4.31. The van der Waals surface area contributed by atoms with Crippen LogP contribution >= 0.6 is 7.60 Å². The van der Waals surface area contributed by atoms with Crippen molar-refractivity contribution in [2.24, 2.45) is 5.73 Å². The lowest BCUT2D eigenvalue weighted by atomic mass is 10.4. The van der Waals surface area contributed by atoms with Crippen molar-refractivity contribution in [1.29, 1.82) is 0 Å². The van der Waals surface area contributed by atoms with Crippen LogP contribution in [-0.4, -0.2) is 63.5 Å². The van der Waals surface area contributed by atoms with Crippen LogP contribution < -0.4 is 5.73 Å². The summed E-state index contributed by atoms with van der Waals surface area (Å²) in [6.07, 6.45) is 0. The van der Waals surface area contributed by atoms with Gasteiger partial charge in [-0.25, -0.2) is 0 Å². The second kappa shape index (κ2) is 6.47. The Kier molecular flexibility index (Phi) is 6.46. The highest BCUT2D eigenvalue weighted by molar-refractivity contribution is 7.52. The van der Waals surface area contributed by atoms with Crippen LogP contribution in [0.15, 0.2) is 0 Å². The second-order valence-corrected chi connectivity index (χ2v) is 4.56. The topological polar surface area (TPSA) is 127 Å². The molecule has 0 fully saturated rings. The number of nitrogens with two attached hydrogens (primary N) is 1. The van der Waals surface area contributed by atoms with Crippen molar-refractivity contribution in [3.05, 3.63) is 0 Å². The molecule has 0 heterocycles. The third kappa shape index (κ3) is 4.47. The smallest absolute Gasteiger partial charge is 0.343 e. The number of nitrogens with zero attached hydrogens (tertiary/aromatic N) is 1. The predicted octanol–water partition coefficient (Wildman–Crippen LogP) is -2.26. The third-order valence-corrected chi connectivity index (χ3v) is 3.11. The van der Waals surface area contributed by atoms with Gasteiger partial charge in [0, 0.05) is 19.6 Å². The van der Waals surface area contributed by atoms with Gasteiger partial charge in [-0.3, -0.25) is 9.46 Å². The van der Waals surface area contributed by atoms with Gasteiger partial charge in [0.25, 0.3) is 0 Å². The maximum atomic E-state index is 11.0. The zero-order valence-electron chi connectivity index (χ0n) is 7.78. The molecule has 14 heavy (non-hydrogen) atoms. The number of hydrogen-bond donors (Lipinski definition) is 5. The Balaban J connectivity index is 4.49. The molecule has 0 aromatic carbocycles. The summed E-state index contributed by atoms with van der Waals surface area (Å²) < 4.78 is 11.0. The fraction of sp³-hybridized carbons (Fsp3) is 1.00. The first-order chi connectivity index (χ1) is 6.47. The molecular formula is C6H17N2O5P. The molecule has 0 saturated heterocycles. The first-order valence-corrected chi connectivity index (χ1v) is 5.86. The van der Waals surface area contributed by atoms with E-state index < -0.39 is 13.4 Å². The minimum Gasteiger partial charge on any atom is -0.395 e. The number of aliphatic hydroxyl groups excluding tert-OH is 2. The maximum Gasteiger partial charge on any atom is 0.343 e. The first kappa shape index (κ1) is 14.0. The van der Waals surface area contributed by atoms with Crippen LogP contribution in [-0.2, 0) is 4.57 Å². The van der Waals surface area contributed by atoms with E-state index in [0.29, 0.717) is 0 Å². The van der Waals surface area contributed by atoms with Crippen molar-refractivity contribution in [2.45, 2.75) is 5.78 Å². The molecule has 1 atom stereocenters. The van der Waals surface area contributed by atoms with Gasteiger partial charge in [-0.05, 0) is 0 Å². The average Bonchev–Trinajstić information content (AvgIpc) is 2.03. The van der Waals surface area contributed by atoms with Gasteiger partial charge in [0.1, 0.15) is 5.78 Å². The standard InChI is InChI=1S/C6H17N2O5P/c7-5-6(14(11,12)13)8(1-3-9)2-4-10/h6,9-10H,1-5,7H2,(H2,11,12,13). The van der Waals surface area contributed by atoms with Crippen LogP contribution in [0.3, 0.4) is 0 Å². The number of aliphatic hydroxyl groups is 2. The molecule has 0 saturated carbocycles. The van der Waals surface area contributed by atoms with Crippen LogP contribution in [0.4, 0.5) is 0 Å². The summed E-state index contributed by atoms with van der Waals surface area (Å²) in [5.41, 5.74) is 5.22. The van der Waals surface area contributed by atoms with Gasteiger partial charge in [-0.2, -0.15) is 0 Å². The average molecular weight is 228 g/mol. The minimum absolute atomic E-state index is 0.0769. The molecule has 0 spiro atoms. The molecule has 7 nitrogen and oxygen atoms in total. The normalized spacial score (nSPS) is 14.7. The summed E-state index contributed by atoms with van der Waals surface area (Å²) >= 11 is 0. The molecule has 0 bridgehead atoms. The molecule has 8 heteroatoms. The van der Waals surface area contributed by atoms with E-state index in [1.165, 1.54) is 4.90 Å². The van der Waals surface area contributed by atoms with Crippen LogP contribution in [0.2, 0.25) is 0 Å². The van der Waals surface area contributed by atoms with Gasteiger partial charge in [0.05, 0.1) is 13.2 Å². The molecule has 86 valence electrons. The SMILES string of the molecule is NCC(N(CCO)CCO)P(=O)(O)O. The molecule has 6 N–H and O–H groups in total. The van der Waals surface area contributed by atoms with Crippen molar-refractivity contribution in [3.63, 3.8) is 0 Å². The summed E-state index contributed by atoms with van der Waals surface area (Å²) in [5.74, 6) is -1.14. The Morgan fingerprint density at radius 1 is 1.21 bits per heavy atom.